The maximum absolute atomic E-state index is 12.9. The Bertz CT molecular complexity index is 1540. The molecule has 37 heavy (non-hydrogen) atoms. The van der Waals surface area contributed by atoms with Crippen LogP contribution < -0.4 is 14.2 Å². The fourth-order valence-corrected chi connectivity index (χ4v) is 4.91. The number of aliphatic imine (C=N–C) groups is 1. The first-order valence-electron chi connectivity index (χ1n) is 11.5. The number of aromatic nitrogens is 1. The van der Waals surface area contributed by atoms with E-state index in [2.05, 4.69) is 4.99 Å². The molecule has 2 heterocycles. The first-order chi connectivity index (χ1) is 18.0. The van der Waals surface area contributed by atoms with Crippen molar-refractivity contribution in [3.05, 3.63) is 89.1 Å². The van der Waals surface area contributed by atoms with Crippen molar-refractivity contribution in [1.82, 2.24) is 4.98 Å². The zero-order valence-electron chi connectivity index (χ0n) is 20.8. The van der Waals surface area contributed by atoms with Crippen molar-refractivity contribution in [2.24, 2.45) is 4.99 Å². The van der Waals surface area contributed by atoms with Crippen LogP contribution in [0.1, 0.15) is 16.7 Å². The number of carbonyl (C=O) groups is 1. The Balaban J connectivity index is 1.60. The highest BCUT2D eigenvalue weighted by Gasteiger charge is 2.27. The summed E-state index contributed by atoms with van der Waals surface area (Å²) in [7, 11) is 4.57. The molecule has 0 aliphatic carbocycles. The Morgan fingerprint density at radius 3 is 2.30 bits per heavy atom. The molecule has 3 aromatic carbocycles. The molecule has 0 N–H and O–H groups in total. The fraction of sp³-hybridized carbons (Fsp3) is 0.138. The van der Waals surface area contributed by atoms with Crippen LogP contribution in [0.15, 0.2) is 87.3 Å². The van der Waals surface area contributed by atoms with Gasteiger partial charge in [-0.2, -0.15) is 0 Å². The minimum absolute atomic E-state index is 0.150. The molecule has 0 unspecified atom stereocenters. The van der Waals surface area contributed by atoms with E-state index in [-0.39, 0.29) is 11.6 Å². The Kier molecular flexibility index (Phi) is 6.83. The van der Waals surface area contributed by atoms with Crippen LogP contribution in [-0.4, -0.2) is 38.2 Å². The Morgan fingerprint density at radius 1 is 0.892 bits per heavy atom. The molecular weight excluding hydrogens is 488 g/mol. The number of benzene rings is 3. The number of esters is 1. The van der Waals surface area contributed by atoms with Gasteiger partial charge in [0.15, 0.2) is 17.2 Å². The van der Waals surface area contributed by atoms with Crippen LogP contribution in [0, 0.1) is 6.92 Å². The van der Waals surface area contributed by atoms with Gasteiger partial charge < -0.3 is 18.9 Å². The normalized spacial score (nSPS) is 14.0. The molecule has 0 amide bonds. The second-order valence-corrected chi connectivity index (χ2v) is 9.26. The fourth-order valence-electron chi connectivity index (χ4n) is 4.02. The second-order valence-electron chi connectivity index (χ2n) is 8.19. The largest absolute Gasteiger partial charge is 0.493 e. The van der Waals surface area contributed by atoms with E-state index in [1.54, 1.807) is 18.2 Å². The van der Waals surface area contributed by atoms with Gasteiger partial charge in [0.1, 0.15) is 5.03 Å². The van der Waals surface area contributed by atoms with Crippen LogP contribution in [0.4, 0.5) is 0 Å². The molecule has 5 rings (SSSR count). The highest BCUT2D eigenvalue weighted by molar-refractivity contribution is 7.99. The maximum atomic E-state index is 12.9. The molecule has 4 aromatic rings. The van der Waals surface area contributed by atoms with Gasteiger partial charge in [-0.3, -0.25) is 0 Å². The summed E-state index contributed by atoms with van der Waals surface area (Å²) >= 11 is 1.53. The summed E-state index contributed by atoms with van der Waals surface area (Å²) < 4.78 is 21.8. The minimum Gasteiger partial charge on any atom is -0.493 e. The molecule has 0 fully saturated rings. The van der Waals surface area contributed by atoms with Gasteiger partial charge in [-0.25, -0.2) is 14.8 Å². The lowest BCUT2D eigenvalue weighted by Gasteiger charge is -2.13. The molecule has 1 aliphatic rings. The number of methoxy groups -OCH3 is 3. The molecule has 0 bridgehead atoms. The third kappa shape index (κ3) is 4.88. The van der Waals surface area contributed by atoms with Crippen molar-refractivity contribution in [1.29, 1.82) is 0 Å². The summed E-state index contributed by atoms with van der Waals surface area (Å²) in [5.74, 6) is 0.906. The lowest BCUT2D eigenvalue weighted by molar-refractivity contribution is -0.129. The van der Waals surface area contributed by atoms with Crippen LogP contribution in [0.2, 0.25) is 0 Å². The zero-order valence-corrected chi connectivity index (χ0v) is 21.6. The monoisotopic (exact) mass is 512 g/mol. The highest BCUT2D eigenvalue weighted by atomic mass is 32.2. The van der Waals surface area contributed by atoms with E-state index in [0.717, 1.165) is 32.0 Å². The zero-order chi connectivity index (χ0) is 25.9. The van der Waals surface area contributed by atoms with E-state index >= 15 is 0 Å². The average molecular weight is 513 g/mol. The van der Waals surface area contributed by atoms with E-state index < -0.39 is 5.97 Å². The summed E-state index contributed by atoms with van der Waals surface area (Å²) in [5.41, 5.74) is 3.46. The van der Waals surface area contributed by atoms with Gasteiger partial charge in [0.05, 0.1) is 26.8 Å². The first kappa shape index (κ1) is 24.4. The van der Waals surface area contributed by atoms with Gasteiger partial charge in [-0.1, -0.05) is 48.2 Å². The van der Waals surface area contributed by atoms with E-state index in [1.165, 1.54) is 33.1 Å². The predicted octanol–water partition coefficient (Wildman–Crippen LogP) is 6.06. The number of fused-ring (bicyclic) bond motifs is 1. The van der Waals surface area contributed by atoms with E-state index in [4.69, 9.17) is 23.9 Å². The Morgan fingerprint density at radius 2 is 1.62 bits per heavy atom. The lowest BCUT2D eigenvalue weighted by Crippen LogP contribution is -2.07. The van der Waals surface area contributed by atoms with E-state index in [0.29, 0.717) is 22.8 Å². The molecule has 1 aliphatic heterocycles. The van der Waals surface area contributed by atoms with Crippen molar-refractivity contribution in [2.75, 3.05) is 21.3 Å². The number of carbonyl (C=O) groups excluding carboxylic acids is 1. The Hall–Kier alpha value is -4.30. The second kappa shape index (κ2) is 10.4. The molecule has 0 saturated heterocycles. The number of rotatable bonds is 7. The van der Waals surface area contributed by atoms with Gasteiger partial charge in [-0.05, 0) is 48.9 Å². The van der Waals surface area contributed by atoms with Gasteiger partial charge in [0.25, 0.3) is 0 Å². The minimum atomic E-state index is -0.552. The lowest BCUT2D eigenvalue weighted by atomic mass is 10.1. The summed E-state index contributed by atoms with van der Waals surface area (Å²) in [6.07, 6.45) is 1.72. The number of aryl methyl sites for hydroxylation is 1. The molecule has 186 valence electrons. The third-order valence-corrected chi connectivity index (χ3v) is 6.85. The smallest absolute Gasteiger partial charge is 0.363 e. The molecule has 8 heteroatoms. The topological polar surface area (TPSA) is 79.2 Å². The van der Waals surface area contributed by atoms with Crippen molar-refractivity contribution in [3.8, 4) is 17.2 Å². The Labute approximate surface area is 218 Å². The van der Waals surface area contributed by atoms with Gasteiger partial charge >= 0.3 is 5.97 Å². The number of pyridine rings is 1. The summed E-state index contributed by atoms with van der Waals surface area (Å²) in [4.78, 5) is 23.4. The van der Waals surface area contributed by atoms with Gasteiger partial charge in [0.2, 0.25) is 11.6 Å². The van der Waals surface area contributed by atoms with Crippen LogP contribution >= 0.6 is 11.8 Å². The van der Waals surface area contributed by atoms with Crippen molar-refractivity contribution < 1.29 is 23.7 Å². The molecule has 0 spiro atoms. The number of hydrogen-bond donors (Lipinski definition) is 0. The molecular formula is C29H24N2O5S. The summed E-state index contributed by atoms with van der Waals surface area (Å²) in [6, 6.07) is 21.4. The molecule has 0 saturated carbocycles. The van der Waals surface area contributed by atoms with E-state index in [1.807, 2.05) is 61.5 Å². The number of para-hydroxylation sites is 1. The van der Waals surface area contributed by atoms with Gasteiger partial charge in [0, 0.05) is 21.4 Å². The van der Waals surface area contributed by atoms with Crippen LogP contribution in [0.5, 0.6) is 17.2 Å². The van der Waals surface area contributed by atoms with Gasteiger partial charge in [-0.15, -0.1) is 0 Å². The molecule has 1 aromatic heterocycles. The van der Waals surface area contributed by atoms with Crippen LogP contribution in [0.3, 0.4) is 0 Å². The SMILES string of the molecule is COc1cc(C2=NC(=Cc3cc4cccc(C)c4nc3Sc3ccccc3)C(=O)O2)cc(OC)c1OC. The standard InChI is InChI=1S/C29H24N2O5S/c1-17-9-8-10-18-13-20(28(31-25(17)18)37-21-11-6-5-7-12-21)14-22-29(32)36-27(30-22)19-15-23(33-2)26(35-4)24(16-19)34-3/h5-16H,1-4H3. The number of cyclic esters (lactones) is 1. The van der Waals surface area contributed by atoms with E-state index in [9.17, 15) is 4.79 Å². The number of hydrogen-bond acceptors (Lipinski definition) is 8. The summed E-state index contributed by atoms with van der Waals surface area (Å²) in [5, 5.41) is 1.74. The highest BCUT2D eigenvalue weighted by Crippen LogP contribution is 2.39. The predicted molar refractivity (Wildman–Crippen MR) is 144 cm³/mol. The number of ether oxygens (including phenoxy) is 4. The quantitative estimate of drug-likeness (QED) is 0.220. The van der Waals surface area contributed by atoms with Crippen LogP contribution in [0.25, 0.3) is 17.0 Å². The number of nitrogens with zero attached hydrogens (tertiary/aromatic N) is 2. The first-order valence-corrected chi connectivity index (χ1v) is 12.3. The van der Waals surface area contributed by atoms with Crippen molar-refractivity contribution in [2.45, 2.75) is 16.8 Å². The molecule has 0 radical (unpaired) electrons. The van der Waals surface area contributed by atoms with Crippen LogP contribution in [-0.2, 0) is 9.53 Å². The molecule has 7 nitrogen and oxygen atoms in total. The maximum Gasteiger partial charge on any atom is 0.363 e. The van der Waals surface area contributed by atoms with Crippen molar-refractivity contribution in [3.63, 3.8) is 0 Å². The average Bonchev–Trinajstić information content (AvgIpc) is 3.29. The van der Waals surface area contributed by atoms with Crippen molar-refractivity contribution >= 4 is 40.6 Å². The summed E-state index contributed by atoms with van der Waals surface area (Å²) in [6.45, 7) is 2.03. The third-order valence-electron chi connectivity index (χ3n) is 5.82. The molecule has 0 atom stereocenters.